The molecule has 0 saturated heterocycles. The average Bonchev–Trinajstić information content (AvgIpc) is 2.93. The van der Waals surface area contributed by atoms with Crippen LogP contribution in [0.2, 0.25) is 0 Å². The van der Waals surface area contributed by atoms with Gasteiger partial charge in [-0.05, 0) is 35.2 Å². The van der Waals surface area contributed by atoms with Crippen LogP contribution in [0, 0.1) is 0 Å². The molecule has 0 heterocycles. The van der Waals surface area contributed by atoms with Gasteiger partial charge in [-0.2, -0.15) is 0 Å². The second-order valence-corrected chi connectivity index (χ2v) is 10.7. The van der Waals surface area contributed by atoms with Crippen molar-refractivity contribution in [3.63, 3.8) is 0 Å². The summed E-state index contributed by atoms with van der Waals surface area (Å²) in [6.07, 6.45) is 2.57. The molecule has 0 unspecified atom stereocenters. The van der Waals surface area contributed by atoms with E-state index in [9.17, 15) is 18.0 Å². The average molecular weight is 534 g/mol. The lowest BCUT2D eigenvalue weighted by atomic mass is 10.0. The maximum atomic E-state index is 13.7. The number of hydrogen-bond acceptors (Lipinski definition) is 4. The molecule has 0 bridgehead atoms. The quantitative estimate of drug-likeness (QED) is 0.308. The zero-order valence-corrected chi connectivity index (χ0v) is 22.5. The number of carbonyl (C=O) groups is 2. The number of rotatable bonds is 14. The molecule has 3 rings (SSSR count). The predicted octanol–water partition coefficient (Wildman–Crippen LogP) is 3.86. The van der Waals surface area contributed by atoms with Crippen LogP contribution in [-0.4, -0.2) is 44.3 Å². The summed E-state index contributed by atoms with van der Waals surface area (Å²) in [4.78, 5) is 28.8. The van der Waals surface area contributed by atoms with E-state index in [2.05, 4.69) is 16.6 Å². The Bertz CT molecular complexity index is 1290. The third-order valence-electron chi connectivity index (χ3n) is 6.08. The lowest BCUT2D eigenvalue weighted by Gasteiger charge is -2.31. The molecule has 0 radical (unpaired) electrons. The van der Waals surface area contributed by atoms with Crippen molar-refractivity contribution >= 4 is 21.8 Å². The molecule has 1 atom stereocenters. The van der Waals surface area contributed by atoms with E-state index in [-0.39, 0.29) is 23.1 Å². The summed E-state index contributed by atoms with van der Waals surface area (Å²) >= 11 is 0. The number of nitrogens with zero attached hydrogens (tertiary/aromatic N) is 1. The number of aryl methyl sites for hydroxylation is 1. The summed E-state index contributed by atoms with van der Waals surface area (Å²) in [7, 11) is -3.54. The second kappa shape index (κ2) is 14.3. The fourth-order valence-electron chi connectivity index (χ4n) is 4.13. The highest BCUT2D eigenvalue weighted by molar-refractivity contribution is 7.89. The Kier molecular flexibility index (Phi) is 10.8. The smallest absolute Gasteiger partial charge is 0.243 e. The lowest BCUT2D eigenvalue weighted by molar-refractivity contribution is -0.141. The van der Waals surface area contributed by atoms with Gasteiger partial charge in [-0.15, -0.1) is 6.58 Å². The molecule has 0 fully saturated rings. The number of amides is 2. The van der Waals surface area contributed by atoms with E-state index in [1.807, 2.05) is 60.7 Å². The normalized spacial score (nSPS) is 11.9. The fourth-order valence-corrected chi connectivity index (χ4v) is 5.17. The molecule has 7 nitrogen and oxygen atoms in total. The van der Waals surface area contributed by atoms with Gasteiger partial charge in [-0.1, -0.05) is 85.8 Å². The first-order chi connectivity index (χ1) is 18.3. The van der Waals surface area contributed by atoms with E-state index in [4.69, 9.17) is 0 Å². The Hall–Kier alpha value is -3.75. The molecule has 0 aromatic heterocycles. The maximum Gasteiger partial charge on any atom is 0.243 e. The Balaban J connectivity index is 1.83. The van der Waals surface area contributed by atoms with Crippen molar-refractivity contribution in [3.8, 4) is 0 Å². The highest BCUT2D eigenvalue weighted by Gasteiger charge is 2.30. The summed E-state index contributed by atoms with van der Waals surface area (Å²) < 4.78 is 26.9. The zero-order valence-electron chi connectivity index (χ0n) is 21.7. The first kappa shape index (κ1) is 28.8. The van der Waals surface area contributed by atoms with Crippen molar-refractivity contribution in [2.45, 2.75) is 43.7 Å². The van der Waals surface area contributed by atoms with Gasteiger partial charge >= 0.3 is 0 Å². The largest absolute Gasteiger partial charge is 0.351 e. The third kappa shape index (κ3) is 8.39. The van der Waals surface area contributed by atoms with Crippen molar-refractivity contribution in [1.82, 2.24) is 14.9 Å². The molecule has 8 heteroatoms. The van der Waals surface area contributed by atoms with Gasteiger partial charge in [0.25, 0.3) is 0 Å². The SMILES string of the molecule is C=CCNC(=O)[C@@H](Cc1ccccc1)N(Cc1ccccc1)C(=O)CCc1ccc(S(=O)(=O)NCC)cc1. The molecule has 0 aliphatic rings. The minimum absolute atomic E-state index is 0.159. The van der Waals surface area contributed by atoms with E-state index in [0.717, 1.165) is 16.7 Å². The first-order valence-corrected chi connectivity index (χ1v) is 14.2. The summed E-state index contributed by atoms with van der Waals surface area (Å²) in [5.74, 6) is -0.399. The van der Waals surface area contributed by atoms with Gasteiger partial charge in [-0.3, -0.25) is 9.59 Å². The molecule has 2 N–H and O–H groups in total. The molecular weight excluding hydrogens is 498 g/mol. The number of benzene rings is 3. The van der Waals surface area contributed by atoms with Gasteiger partial charge in [0.2, 0.25) is 21.8 Å². The van der Waals surface area contributed by atoms with E-state index in [1.165, 1.54) is 0 Å². The predicted molar refractivity (Wildman–Crippen MR) is 150 cm³/mol. The molecule has 0 saturated carbocycles. The van der Waals surface area contributed by atoms with Gasteiger partial charge in [0.1, 0.15) is 6.04 Å². The number of hydrogen-bond donors (Lipinski definition) is 2. The molecule has 38 heavy (non-hydrogen) atoms. The van der Waals surface area contributed by atoms with Gasteiger partial charge in [0.15, 0.2) is 0 Å². The lowest BCUT2D eigenvalue weighted by Crippen LogP contribution is -2.50. The Labute approximate surface area is 225 Å². The van der Waals surface area contributed by atoms with Gasteiger partial charge in [0, 0.05) is 32.5 Å². The highest BCUT2D eigenvalue weighted by atomic mass is 32.2. The van der Waals surface area contributed by atoms with Crippen LogP contribution < -0.4 is 10.0 Å². The van der Waals surface area contributed by atoms with E-state index in [0.29, 0.717) is 32.5 Å². The number of sulfonamides is 1. The molecular formula is C30H35N3O4S. The molecule has 0 spiro atoms. The van der Waals surface area contributed by atoms with Gasteiger partial charge < -0.3 is 10.2 Å². The monoisotopic (exact) mass is 533 g/mol. The number of carbonyl (C=O) groups excluding carboxylic acids is 2. The van der Waals surface area contributed by atoms with Crippen molar-refractivity contribution in [2.24, 2.45) is 0 Å². The van der Waals surface area contributed by atoms with Crippen molar-refractivity contribution in [3.05, 3.63) is 114 Å². The van der Waals surface area contributed by atoms with Gasteiger partial charge in [-0.25, -0.2) is 13.1 Å². The Morgan fingerprint density at radius 3 is 2.08 bits per heavy atom. The van der Waals surface area contributed by atoms with Crippen LogP contribution in [0.1, 0.15) is 30.0 Å². The molecule has 3 aromatic carbocycles. The van der Waals surface area contributed by atoms with Crippen LogP contribution >= 0.6 is 0 Å². The summed E-state index contributed by atoms with van der Waals surface area (Å²) in [6.45, 7) is 6.31. The summed E-state index contributed by atoms with van der Waals surface area (Å²) in [6, 6.07) is 25.0. The molecule has 0 aliphatic heterocycles. The maximum absolute atomic E-state index is 13.7. The Morgan fingerprint density at radius 1 is 0.895 bits per heavy atom. The molecule has 200 valence electrons. The standard InChI is InChI=1S/C30H35N3O4S/c1-3-21-31-30(35)28(22-25-11-7-5-8-12-25)33(23-26-13-9-6-10-14-26)29(34)20-17-24-15-18-27(19-16-24)38(36,37)32-4-2/h3,5-16,18-19,28,32H,1,4,17,20-23H2,2H3,(H,31,35)/t28-/m1/s1. The van der Waals surface area contributed by atoms with Crippen LogP contribution in [0.4, 0.5) is 0 Å². The molecule has 0 aliphatic carbocycles. The van der Waals surface area contributed by atoms with Crippen LogP contribution in [0.3, 0.4) is 0 Å². The van der Waals surface area contributed by atoms with Crippen LogP contribution in [0.5, 0.6) is 0 Å². The van der Waals surface area contributed by atoms with E-state index in [1.54, 1.807) is 42.2 Å². The minimum Gasteiger partial charge on any atom is -0.351 e. The molecule has 3 aromatic rings. The van der Waals surface area contributed by atoms with Crippen molar-refractivity contribution in [1.29, 1.82) is 0 Å². The van der Waals surface area contributed by atoms with Crippen molar-refractivity contribution in [2.75, 3.05) is 13.1 Å². The van der Waals surface area contributed by atoms with Crippen LogP contribution in [0.15, 0.2) is 102 Å². The fraction of sp³-hybridized carbons (Fsp3) is 0.267. The van der Waals surface area contributed by atoms with E-state index >= 15 is 0 Å². The Morgan fingerprint density at radius 2 is 1.50 bits per heavy atom. The topological polar surface area (TPSA) is 95.6 Å². The van der Waals surface area contributed by atoms with Crippen LogP contribution in [0.25, 0.3) is 0 Å². The summed E-state index contributed by atoms with van der Waals surface area (Å²) in [5.41, 5.74) is 2.71. The minimum atomic E-state index is -3.54. The zero-order chi connectivity index (χ0) is 27.4. The van der Waals surface area contributed by atoms with Crippen molar-refractivity contribution < 1.29 is 18.0 Å². The van der Waals surface area contributed by atoms with E-state index < -0.39 is 16.1 Å². The first-order valence-electron chi connectivity index (χ1n) is 12.7. The van der Waals surface area contributed by atoms with Gasteiger partial charge in [0.05, 0.1) is 4.90 Å². The third-order valence-corrected chi connectivity index (χ3v) is 7.64. The second-order valence-electron chi connectivity index (χ2n) is 8.89. The molecule has 2 amide bonds. The highest BCUT2D eigenvalue weighted by Crippen LogP contribution is 2.18. The number of nitrogens with one attached hydrogen (secondary N) is 2. The van der Waals surface area contributed by atoms with Crippen LogP contribution in [-0.2, 0) is 39.0 Å². The summed E-state index contributed by atoms with van der Waals surface area (Å²) in [5, 5.41) is 2.86.